The van der Waals surface area contributed by atoms with Crippen molar-refractivity contribution in [3.8, 4) is 0 Å². The Balaban J connectivity index is -0.000000270. The van der Waals surface area contributed by atoms with E-state index in [9.17, 15) is 0 Å². The molecule has 0 amide bonds. The first-order valence-electron chi connectivity index (χ1n) is 7.23. The van der Waals surface area contributed by atoms with E-state index in [1.165, 1.54) is 47.9 Å². The summed E-state index contributed by atoms with van der Waals surface area (Å²) in [5, 5.41) is 0. The molecule has 0 atom stereocenters. The van der Waals surface area contributed by atoms with Crippen LogP contribution in [0.3, 0.4) is 0 Å². The molecule has 0 fully saturated rings. The zero-order chi connectivity index (χ0) is 13.4. The minimum Gasteiger partial charge on any atom is -1.00 e. The van der Waals surface area contributed by atoms with E-state index >= 15 is 0 Å². The van der Waals surface area contributed by atoms with Crippen LogP contribution in [-0.4, -0.2) is 0 Å². The Bertz CT molecular complexity index is 364. The van der Waals surface area contributed by atoms with Gasteiger partial charge in [-0.15, -0.1) is 0 Å². The molecule has 0 saturated heterocycles. The second kappa shape index (κ2) is 15.1. The molecule has 116 valence electrons. The fourth-order valence-corrected chi connectivity index (χ4v) is 2.37. The fourth-order valence-electron chi connectivity index (χ4n) is 2.37. The van der Waals surface area contributed by atoms with Gasteiger partial charge < -0.3 is 24.8 Å². The molecule has 0 heterocycles. The molecule has 0 radical (unpaired) electrons. The van der Waals surface area contributed by atoms with Crippen LogP contribution < -0.4 is 24.8 Å². The van der Waals surface area contributed by atoms with Crippen molar-refractivity contribution < 1.29 is 51.0 Å². The van der Waals surface area contributed by atoms with Crippen LogP contribution in [0.15, 0.2) is 36.4 Å². The van der Waals surface area contributed by atoms with Crippen molar-refractivity contribution in [2.45, 2.75) is 53.4 Å². The van der Waals surface area contributed by atoms with Crippen LogP contribution in [0, 0.1) is 0 Å². The number of rotatable bonds is 4. The summed E-state index contributed by atoms with van der Waals surface area (Å²) in [5.74, 6) is 0. The molecule has 0 N–H and O–H groups in total. The Kier molecular flexibility index (Phi) is 18.7. The number of halogens is 2. The predicted molar refractivity (Wildman–Crippen MR) is 81.6 cm³/mol. The predicted octanol–water partition coefficient (Wildman–Crippen LogP) is -0.934. The zero-order valence-electron chi connectivity index (χ0n) is 13.5. The summed E-state index contributed by atoms with van der Waals surface area (Å²) in [4.78, 5) is 0. The van der Waals surface area contributed by atoms with Crippen molar-refractivity contribution in [3.63, 3.8) is 0 Å². The van der Waals surface area contributed by atoms with Crippen LogP contribution in [0.1, 0.15) is 49.9 Å². The van der Waals surface area contributed by atoms with Gasteiger partial charge in [0, 0.05) is 0 Å². The monoisotopic (exact) mass is 402 g/mol. The van der Waals surface area contributed by atoms with Gasteiger partial charge in [0.25, 0.3) is 0 Å². The minimum atomic E-state index is 0. The molecule has 2 aromatic rings. The maximum absolute atomic E-state index is 2.21. The first kappa shape index (κ1) is 26.1. The van der Waals surface area contributed by atoms with Crippen molar-refractivity contribution in [2.75, 3.05) is 0 Å². The molecule has 0 aliphatic heterocycles. The third-order valence-corrected chi connectivity index (χ3v) is 3.54. The van der Waals surface area contributed by atoms with E-state index in [4.69, 9.17) is 0 Å². The first-order chi connectivity index (χ1) is 8.76. The SMILES string of the molecule is CCc1ccc[c-]1CC.CCc1ccc[c-]1CC.[Cl-].[Cl-].[Zr+4]. The molecule has 0 aliphatic carbocycles. The summed E-state index contributed by atoms with van der Waals surface area (Å²) >= 11 is 0. The van der Waals surface area contributed by atoms with Crippen LogP contribution in [0.25, 0.3) is 0 Å². The van der Waals surface area contributed by atoms with Crippen molar-refractivity contribution in [3.05, 3.63) is 58.7 Å². The smallest absolute Gasteiger partial charge is 1.00 e. The van der Waals surface area contributed by atoms with E-state index in [1.54, 1.807) is 0 Å². The molecule has 0 spiro atoms. The first-order valence-corrected chi connectivity index (χ1v) is 7.23. The summed E-state index contributed by atoms with van der Waals surface area (Å²) < 4.78 is 0. The van der Waals surface area contributed by atoms with Crippen molar-refractivity contribution >= 4 is 0 Å². The molecule has 2 aromatic carbocycles. The van der Waals surface area contributed by atoms with Crippen molar-refractivity contribution in [1.29, 1.82) is 0 Å². The van der Waals surface area contributed by atoms with Crippen LogP contribution in [0.4, 0.5) is 0 Å². The topological polar surface area (TPSA) is 0 Å². The summed E-state index contributed by atoms with van der Waals surface area (Å²) in [5.41, 5.74) is 6.05. The second-order valence-electron chi connectivity index (χ2n) is 4.57. The Morgan fingerprint density at radius 3 is 1.24 bits per heavy atom. The average molecular weight is 405 g/mol. The van der Waals surface area contributed by atoms with Crippen molar-refractivity contribution in [1.82, 2.24) is 0 Å². The Labute approximate surface area is 162 Å². The molecule has 2 rings (SSSR count). The minimum absolute atomic E-state index is 0. The van der Waals surface area contributed by atoms with Gasteiger partial charge in [-0.2, -0.15) is 34.4 Å². The van der Waals surface area contributed by atoms with Crippen LogP contribution in [0.5, 0.6) is 0 Å². The molecular weight excluding hydrogens is 378 g/mol. The van der Waals surface area contributed by atoms with Gasteiger partial charge in [0.1, 0.15) is 0 Å². The Morgan fingerprint density at radius 2 is 1.05 bits per heavy atom. The normalized spacial score (nSPS) is 8.57. The Hall–Kier alpha value is 0.163. The quantitative estimate of drug-likeness (QED) is 0.578. The van der Waals surface area contributed by atoms with Crippen molar-refractivity contribution in [2.24, 2.45) is 0 Å². The average Bonchev–Trinajstić information content (AvgIpc) is 3.06. The van der Waals surface area contributed by atoms with E-state index in [0.29, 0.717) is 0 Å². The van der Waals surface area contributed by atoms with E-state index < -0.39 is 0 Å². The zero-order valence-corrected chi connectivity index (χ0v) is 17.5. The fraction of sp³-hybridized carbons (Fsp3) is 0.444. The van der Waals surface area contributed by atoms with E-state index in [2.05, 4.69) is 64.1 Å². The number of aryl methyl sites for hydroxylation is 4. The van der Waals surface area contributed by atoms with Gasteiger partial charge >= 0.3 is 26.2 Å². The molecule has 0 nitrogen and oxygen atoms in total. The van der Waals surface area contributed by atoms with Gasteiger partial charge in [-0.1, -0.05) is 53.4 Å². The molecule has 0 aromatic heterocycles. The third-order valence-electron chi connectivity index (χ3n) is 3.54. The molecule has 0 bridgehead atoms. The summed E-state index contributed by atoms with van der Waals surface area (Å²) in [7, 11) is 0. The molecule has 21 heavy (non-hydrogen) atoms. The van der Waals surface area contributed by atoms with Gasteiger partial charge in [-0.05, 0) is 0 Å². The summed E-state index contributed by atoms with van der Waals surface area (Å²) in [6, 6.07) is 13.1. The largest absolute Gasteiger partial charge is 4.00 e. The van der Waals surface area contributed by atoms with Gasteiger partial charge in [0.15, 0.2) is 0 Å². The summed E-state index contributed by atoms with van der Waals surface area (Å²) in [6.45, 7) is 8.81. The number of hydrogen-bond donors (Lipinski definition) is 0. The van der Waals surface area contributed by atoms with E-state index in [-0.39, 0.29) is 51.0 Å². The van der Waals surface area contributed by atoms with Crippen LogP contribution in [-0.2, 0) is 51.9 Å². The van der Waals surface area contributed by atoms with E-state index in [0.717, 1.165) is 0 Å². The molecule has 0 aliphatic rings. The summed E-state index contributed by atoms with van der Waals surface area (Å²) in [6.07, 6.45) is 4.71. The maximum atomic E-state index is 2.21. The standard InChI is InChI=1S/2C9H13.2ClH.Zr/c2*1-3-8-6-5-7-9(8)4-2;;;/h2*5-7H,3-4H2,1-2H3;2*1H;/q2*-1;;;+4/p-2. The molecule has 0 saturated carbocycles. The van der Waals surface area contributed by atoms with Crippen LogP contribution in [0.2, 0.25) is 0 Å². The molecular formula is C18H26Cl2Zr. The van der Waals surface area contributed by atoms with Crippen LogP contribution >= 0.6 is 0 Å². The Morgan fingerprint density at radius 1 is 0.714 bits per heavy atom. The maximum Gasteiger partial charge on any atom is 4.00 e. The van der Waals surface area contributed by atoms with Gasteiger partial charge in [-0.3, -0.25) is 0 Å². The third kappa shape index (κ3) is 8.39. The number of hydrogen-bond acceptors (Lipinski definition) is 0. The van der Waals surface area contributed by atoms with Gasteiger partial charge in [0.05, 0.1) is 0 Å². The van der Waals surface area contributed by atoms with E-state index in [1.807, 2.05) is 0 Å². The second-order valence-corrected chi connectivity index (χ2v) is 4.57. The van der Waals surface area contributed by atoms with Gasteiger partial charge in [-0.25, -0.2) is 24.3 Å². The van der Waals surface area contributed by atoms with Gasteiger partial charge in [0.2, 0.25) is 0 Å². The molecule has 3 heteroatoms. The molecule has 0 unspecified atom stereocenters.